The number of hydrogen-bond donors (Lipinski definition) is 2. The Kier molecular flexibility index (Phi) is 7.13. The number of carboxylic acid groups (broad SMARTS) is 2. The fourth-order valence-corrected chi connectivity index (χ4v) is 4.06. The summed E-state index contributed by atoms with van der Waals surface area (Å²) in [6, 6.07) is 14.1. The van der Waals surface area contributed by atoms with E-state index in [0.717, 1.165) is 29.8 Å². The molecule has 2 aromatic carbocycles. The van der Waals surface area contributed by atoms with Crippen LogP contribution in [0.25, 0.3) is 11.1 Å². The van der Waals surface area contributed by atoms with E-state index in [2.05, 4.69) is 11.9 Å². The highest BCUT2D eigenvalue weighted by Crippen LogP contribution is 2.29. The van der Waals surface area contributed by atoms with E-state index >= 15 is 0 Å². The standard InChI is InChI=1S/C24H25ClN2O4/c1-3-4-9-20-26-22(25)21(24(30)31)15(2)27(20)14-16-10-12-17(13-11-16)18-7-5-6-8-19(18)23(28)29/h5-8,10-13,15H,3-4,9,14H2,1-2H3,(H,28,29)(H,30,31). The maximum Gasteiger partial charge on any atom is 0.336 e. The SMILES string of the molecule is CCCCC1=NC(Cl)=C(C(=O)O)C(C)N1Cc1ccc(-c2ccccc2C(=O)O)cc1. The molecule has 1 atom stereocenters. The molecule has 7 heteroatoms. The predicted octanol–water partition coefficient (Wildman–Crippen LogP) is 5.38. The first-order valence-corrected chi connectivity index (χ1v) is 10.6. The quantitative estimate of drug-likeness (QED) is 0.538. The molecule has 0 amide bonds. The van der Waals surface area contributed by atoms with Crippen LogP contribution in [0.4, 0.5) is 0 Å². The Morgan fingerprint density at radius 2 is 1.74 bits per heavy atom. The Morgan fingerprint density at radius 3 is 2.35 bits per heavy atom. The molecular weight excluding hydrogens is 416 g/mol. The van der Waals surface area contributed by atoms with Gasteiger partial charge in [-0.3, -0.25) is 0 Å². The summed E-state index contributed by atoms with van der Waals surface area (Å²) < 4.78 is 0. The summed E-state index contributed by atoms with van der Waals surface area (Å²) in [4.78, 5) is 29.6. The lowest BCUT2D eigenvalue weighted by Crippen LogP contribution is -2.43. The summed E-state index contributed by atoms with van der Waals surface area (Å²) in [5.74, 6) is -1.26. The van der Waals surface area contributed by atoms with Crippen molar-refractivity contribution >= 4 is 29.4 Å². The van der Waals surface area contributed by atoms with E-state index in [4.69, 9.17) is 11.6 Å². The summed E-state index contributed by atoms with van der Waals surface area (Å²) in [6.45, 7) is 4.39. The molecule has 0 bridgehead atoms. The van der Waals surface area contributed by atoms with E-state index in [1.54, 1.807) is 18.2 Å². The zero-order valence-electron chi connectivity index (χ0n) is 17.5. The van der Waals surface area contributed by atoms with Crippen molar-refractivity contribution in [3.05, 3.63) is 70.4 Å². The number of benzene rings is 2. The van der Waals surface area contributed by atoms with Crippen LogP contribution in [0, 0.1) is 0 Å². The number of carboxylic acids is 2. The molecule has 0 aromatic heterocycles. The third kappa shape index (κ3) is 4.97. The second kappa shape index (κ2) is 9.79. The number of nitrogens with zero attached hydrogens (tertiary/aromatic N) is 2. The molecular formula is C24H25ClN2O4. The maximum atomic E-state index is 11.7. The highest BCUT2D eigenvalue weighted by atomic mass is 35.5. The van der Waals surface area contributed by atoms with Crippen LogP contribution in [-0.4, -0.2) is 38.9 Å². The van der Waals surface area contributed by atoms with Crippen LogP contribution in [0.3, 0.4) is 0 Å². The van der Waals surface area contributed by atoms with E-state index in [1.807, 2.05) is 42.2 Å². The van der Waals surface area contributed by atoms with Gasteiger partial charge in [-0.1, -0.05) is 67.4 Å². The van der Waals surface area contributed by atoms with Gasteiger partial charge in [-0.15, -0.1) is 0 Å². The van der Waals surface area contributed by atoms with Crippen molar-refractivity contribution in [1.82, 2.24) is 4.90 Å². The largest absolute Gasteiger partial charge is 0.478 e. The highest BCUT2D eigenvalue weighted by Gasteiger charge is 2.32. The summed E-state index contributed by atoms with van der Waals surface area (Å²) in [6.07, 6.45) is 2.64. The number of aliphatic carboxylic acids is 1. The molecule has 0 saturated heterocycles. The summed E-state index contributed by atoms with van der Waals surface area (Å²) in [5, 5.41) is 19.1. The molecule has 0 saturated carbocycles. The summed E-state index contributed by atoms with van der Waals surface area (Å²) >= 11 is 6.18. The van der Waals surface area contributed by atoms with Gasteiger partial charge in [0.25, 0.3) is 0 Å². The molecule has 31 heavy (non-hydrogen) atoms. The molecule has 0 aliphatic carbocycles. The van der Waals surface area contributed by atoms with Crippen molar-refractivity contribution < 1.29 is 19.8 Å². The maximum absolute atomic E-state index is 11.7. The lowest BCUT2D eigenvalue weighted by Gasteiger charge is -2.36. The van der Waals surface area contributed by atoms with Crippen LogP contribution in [0.5, 0.6) is 0 Å². The first kappa shape index (κ1) is 22.6. The Labute approximate surface area is 186 Å². The molecule has 162 valence electrons. The Hall–Kier alpha value is -3.12. The Balaban J connectivity index is 1.88. The van der Waals surface area contributed by atoms with Gasteiger partial charge in [-0.05, 0) is 36.1 Å². The van der Waals surface area contributed by atoms with E-state index in [9.17, 15) is 19.8 Å². The Morgan fingerprint density at radius 1 is 1.06 bits per heavy atom. The van der Waals surface area contributed by atoms with Gasteiger partial charge in [0.05, 0.1) is 17.2 Å². The number of aliphatic imine (C=N–C) groups is 1. The van der Waals surface area contributed by atoms with Gasteiger partial charge in [-0.2, -0.15) is 0 Å². The molecule has 0 spiro atoms. The topological polar surface area (TPSA) is 90.2 Å². The van der Waals surface area contributed by atoms with Crippen LogP contribution < -0.4 is 0 Å². The van der Waals surface area contributed by atoms with E-state index in [0.29, 0.717) is 18.5 Å². The smallest absolute Gasteiger partial charge is 0.336 e. The fraction of sp³-hybridized carbons (Fsp3) is 0.292. The van der Waals surface area contributed by atoms with Crippen LogP contribution in [-0.2, 0) is 11.3 Å². The van der Waals surface area contributed by atoms with Gasteiger partial charge in [0, 0.05) is 13.0 Å². The predicted molar refractivity (Wildman–Crippen MR) is 121 cm³/mol. The van der Waals surface area contributed by atoms with Gasteiger partial charge in [0.15, 0.2) is 0 Å². The molecule has 2 aromatic rings. The first-order chi connectivity index (χ1) is 14.8. The highest BCUT2D eigenvalue weighted by molar-refractivity contribution is 6.32. The average Bonchev–Trinajstić information content (AvgIpc) is 2.74. The molecule has 1 heterocycles. The van der Waals surface area contributed by atoms with Gasteiger partial charge >= 0.3 is 11.9 Å². The first-order valence-electron chi connectivity index (χ1n) is 10.2. The van der Waals surface area contributed by atoms with Crippen LogP contribution in [0.1, 0.15) is 49.0 Å². The number of hydrogen-bond acceptors (Lipinski definition) is 4. The van der Waals surface area contributed by atoms with Crippen LogP contribution in [0.2, 0.25) is 0 Å². The number of unbranched alkanes of at least 4 members (excludes halogenated alkanes) is 1. The zero-order valence-corrected chi connectivity index (χ0v) is 18.3. The minimum atomic E-state index is -1.07. The molecule has 1 aliphatic heterocycles. The van der Waals surface area contributed by atoms with Gasteiger partial charge in [-0.25, -0.2) is 14.6 Å². The molecule has 0 radical (unpaired) electrons. The van der Waals surface area contributed by atoms with Crippen molar-refractivity contribution in [1.29, 1.82) is 0 Å². The fourth-order valence-electron chi connectivity index (χ4n) is 3.73. The number of aromatic carboxylic acids is 1. The number of rotatable bonds is 8. The van der Waals surface area contributed by atoms with Crippen molar-refractivity contribution in [2.45, 2.75) is 45.7 Å². The van der Waals surface area contributed by atoms with Crippen molar-refractivity contribution in [2.75, 3.05) is 0 Å². The third-order valence-electron chi connectivity index (χ3n) is 5.43. The number of carbonyl (C=O) groups is 2. The molecule has 0 fully saturated rings. The molecule has 6 nitrogen and oxygen atoms in total. The third-order valence-corrected chi connectivity index (χ3v) is 5.71. The van der Waals surface area contributed by atoms with Crippen molar-refractivity contribution in [3.63, 3.8) is 0 Å². The average molecular weight is 441 g/mol. The summed E-state index contributed by atoms with van der Waals surface area (Å²) in [7, 11) is 0. The van der Waals surface area contributed by atoms with Gasteiger partial charge < -0.3 is 15.1 Å². The van der Waals surface area contributed by atoms with E-state index in [-0.39, 0.29) is 16.3 Å². The second-order valence-corrected chi connectivity index (χ2v) is 7.85. The van der Waals surface area contributed by atoms with Crippen LogP contribution in [0.15, 0.2) is 64.3 Å². The molecule has 1 unspecified atom stereocenters. The minimum absolute atomic E-state index is 0.0444. The minimum Gasteiger partial charge on any atom is -0.478 e. The lowest BCUT2D eigenvalue weighted by molar-refractivity contribution is -0.133. The lowest BCUT2D eigenvalue weighted by atomic mass is 9.98. The molecule has 2 N–H and O–H groups in total. The molecule has 3 rings (SSSR count). The van der Waals surface area contributed by atoms with Crippen LogP contribution >= 0.6 is 11.6 Å². The van der Waals surface area contributed by atoms with Gasteiger partial charge in [0.2, 0.25) is 0 Å². The second-order valence-electron chi connectivity index (χ2n) is 7.49. The zero-order chi connectivity index (χ0) is 22.5. The normalized spacial score (nSPS) is 16.3. The van der Waals surface area contributed by atoms with Crippen molar-refractivity contribution in [2.24, 2.45) is 4.99 Å². The number of amidine groups is 1. The summed E-state index contributed by atoms with van der Waals surface area (Å²) in [5.41, 5.74) is 2.77. The van der Waals surface area contributed by atoms with E-state index in [1.165, 1.54) is 0 Å². The molecule has 1 aliphatic rings. The van der Waals surface area contributed by atoms with E-state index < -0.39 is 18.0 Å². The monoisotopic (exact) mass is 440 g/mol. The van der Waals surface area contributed by atoms with Gasteiger partial charge in [0.1, 0.15) is 11.0 Å². The number of halogens is 1. The Bertz CT molecular complexity index is 1040. The van der Waals surface area contributed by atoms with Crippen molar-refractivity contribution in [3.8, 4) is 11.1 Å².